The van der Waals surface area contributed by atoms with Gasteiger partial charge in [-0.15, -0.1) is 0 Å². The van der Waals surface area contributed by atoms with Crippen molar-refractivity contribution in [3.63, 3.8) is 0 Å². The minimum atomic E-state index is 0.0385. The number of rotatable bonds is 5. The van der Waals surface area contributed by atoms with Gasteiger partial charge in [0.25, 0.3) is 0 Å². The van der Waals surface area contributed by atoms with Gasteiger partial charge in [-0.05, 0) is 51.0 Å². The molecule has 1 fully saturated rings. The monoisotopic (exact) mass is 329 g/mol. The second-order valence-electron chi connectivity index (χ2n) is 6.75. The Hall–Kier alpha value is -1.90. The maximum absolute atomic E-state index is 12.9. The fraction of sp³-hybridized carbons (Fsp3) is 0.579. The molecule has 1 aromatic rings. The third kappa shape index (κ3) is 5.05. The summed E-state index contributed by atoms with van der Waals surface area (Å²) in [5, 5.41) is 8.93. The van der Waals surface area contributed by atoms with E-state index in [0.29, 0.717) is 19.5 Å². The molecule has 0 aliphatic carbocycles. The van der Waals surface area contributed by atoms with Crippen LogP contribution in [0.3, 0.4) is 0 Å². The molecular weight excluding hydrogens is 302 g/mol. The first kappa shape index (κ1) is 18.4. The number of nitrogens with zero attached hydrogens (tertiary/aromatic N) is 3. The summed E-state index contributed by atoms with van der Waals surface area (Å²) >= 11 is 0. The topological polar surface area (TPSA) is 56.6 Å². The molecule has 0 saturated carbocycles. The summed E-state index contributed by atoms with van der Waals surface area (Å²) in [6.07, 6.45) is 0.597. The molecule has 0 N–H and O–H groups in total. The molecule has 2 rings (SSSR count). The van der Waals surface area contributed by atoms with Crippen LogP contribution in [0.5, 0.6) is 0 Å². The van der Waals surface area contributed by atoms with Gasteiger partial charge in [-0.2, -0.15) is 5.26 Å². The molecule has 0 bridgehead atoms. The second-order valence-corrected chi connectivity index (χ2v) is 6.75. The number of hydrogen-bond acceptors (Lipinski definition) is 4. The molecule has 0 radical (unpaired) electrons. The maximum Gasteiger partial charge on any atom is 0.241 e. The maximum atomic E-state index is 12.9. The van der Waals surface area contributed by atoms with E-state index in [2.05, 4.69) is 17.0 Å². The zero-order chi connectivity index (χ0) is 17.7. The van der Waals surface area contributed by atoms with Crippen molar-refractivity contribution in [2.45, 2.75) is 46.3 Å². The van der Waals surface area contributed by atoms with Gasteiger partial charge in [0.05, 0.1) is 31.2 Å². The molecule has 1 aliphatic rings. The van der Waals surface area contributed by atoms with Crippen LogP contribution in [0.15, 0.2) is 18.2 Å². The van der Waals surface area contributed by atoms with Crippen molar-refractivity contribution in [1.82, 2.24) is 4.90 Å². The number of nitriles is 1. The van der Waals surface area contributed by atoms with Crippen molar-refractivity contribution >= 4 is 11.6 Å². The van der Waals surface area contributed by atoms with E-state index in [4.69, 9.17) is 10.00 Å². The molecule has 1 aliphatic heterocycles. The third-order valence-corrected chi connectivity index (χ3v) is 4.12. The van der Waals surface area contributed by atoms with Crippen LogP contribution >= 0.6 is 0 Å². The van der Waals surface area contributed by atoms with Crippen LogP contribution in [0.1, 0.15) is 31.4 Å². The third-order valence-electron chi connectivity index (χ3n) is 4.12. The number of carbonyl (C=O) groups excluding carboxylic acids is 1. The van der Waals surface area contributed by atoms with Gasteiger partial charge in [-0.1, -0.05) is 6.07 Å². The molecule has 1 saturated heterocycles. The van der Waals surface area contributed by atoms with Crippen LogP contribution in [-0.2, 0) is 9.53 Å². The van der Waals surface area contributed by atoms with Crippen LogP contribution in [0.25, 0.3) is 0 Å². The Morgan fingerprint density at radius 2 is 1.83 bits per heavy atom. The van der Waals surface area contributed by atoms with Crippen molar-refractivity contribution in [1.29, 1.82) is 5.26 Å². The number of aryl methyl sites for hydroxylation is 2. The van der Waals surface area contributed by atoms with Crippen molar-refractivity contribution in [3.8, 4) is 6.07 Å². The first-order valence-electron chi connectivity index (χ1n) is 8.52. The number of morpholine rings is 1. The Morgan fingerprint density at radius 1 is 1.25 bits per heavy atom. The van der Waals surface area contributed by atoms with Crippen molar-refractivity contribution in [2.75, 3.05) is 31.1 Å². The van der Waals surface area contributed by atoms with Crippen LogP contribution < -0.4 is 4.90 Å². The van der Waals surface area contributed by atoms with Gasteiger partial charge in [-0.3, -0.25) is 9.69 Å². The molecule has 0 aromatic heterocycles. The first-order chi connectivity index (χ1) is 11.4. The Labute approximate surface area is 144 Å². The summed E-state index contributed by atoms with van der Waals surface area (Å²) in [7, 11) is 0. The Morgan fingerprint density at radius 3 is 2.38 bits per heavy atom. The normalized spacial score (nSPS) is 21.3. The highest BCUT2D eigenvalue weighted by molar-refractivity contribution is 5.95. The predicted molar refractivity (Wildman–Crippen MR) is 94.9 cm³/mol. The lowest BCUT2D eigenvalue weighted by atomic mass is 10.1. The number of benzene rings is 1. The summed E-state index contributed by atoms with van der Waals surface area (Å²) < 4.78 is 5.73. The first-order valence-corrected chi connectivity index (χ1v) is 8.52. The quantitative estimate of drug-likeness (QED) is 0.833. The van der Waals surface area contributed by atoms with Gasteiger partial charge >= 0.3 is 0 Å². The molecule has 2 atom stereocenters. The lowest BCUT2D eigenvalue weighted by molar-refractivity contribution is -0.123. The number of amides is 1. The minimum absolute atomic E-state index is 0.0385. The average molecular weight is 329 g/mol. The number of carbonyl (C=O) groups is 1. The van der Waals surface area contributed by atoms with E-state index in [1.165, 1.54) is 0 Å². The van der Waals surface area contributed by atoms with Crippen molar-refractivity contribution in [2.24, 2.45) is 0 Å². The minimum Gasteiger partial charge on any atom is -0.373 e. The summed E-state index contributed by atoms with van der Waals surface area (Å²) in [5.74, 6) is 0.0385. The van der Waals surface area contributed by atoms with E-state index in [1.54, 1.807) is 4.90 Å². The number of anilines is 1. The highest BCUT2D eigenvalue weighted by atomic mass is 16.5. The molecular formula is C19H27N3O2. The molecule has 130 valence electrons. The number of ether oxygens (including phenoxy) is 1. The summed E-state index contributed by atoms with van der Waals surface area (Å²) in [5.41, 5.74) is 3.11. The van der Waals surface area contributed by atoms with Crippen LogP contribution in [0.4, 0.5) is 5.69 Å². The Bertz CT molecular complexity index is 593. The van der Waals surface area contributed by atoms with Gasteiger partial charge < -0.3 is 9.64 Å². The van der Waals surface area contributed by atoms with E-state index < -0.39 is 0 Å². The molecule has 5 heteroatoms. The average Bonchev–Trinajstić information content (AvgIpc) is 2.45. The van der Waals surface area contributed by atoms with Gasteiger partial charge in [0, 0.05) is 25.3 Å². The van der Waals surface area contributed by atoms with Crippen molar-refractivity contribution in [3.05, 3.63) is 29.3 Å². The summed E-state index contributed by atoms with van der Waals surface area (Å²) in [6, 6.07) is 8.24. The molecule has 5 nitrogen and oxygen atoms in total. The van der Waals surface area contributed by atoms with E-state index in [-0.39, 0.29) is 18.1 Å². The molecule has 1 amide bonds. The van der Waals surface area contributed by atoms with E-state index in [1.807, 2.05) is 39.8 Å². The second kappa shape index (κ2) is 8.27. The lowest BCUT2D eigenvalue weighted by Crippen LogP contribution is -2.50. The standard InChI is InChI=1S/C19H27N3O2/c1-14-8-15(2)10-18(9-14)22(7-5-6-20)19(23)13-21-11-16(3)24-17(4)12-21/h8-10,16-17H,5,7,11-13H2,1-4H3. The molecule has 1 heterocycles. The fourth-order valence-electron chi connectivity index (χ4n) is 3.36. The SMILES string of the molecule is Cc1cc(C)cc(N(CCC#N)C(=O)CN2CC(C)OC(C)C2)c1. The van der Waals surface area contributed by atoms with E-state index >= 15 is 0 Å². The van der Waals surface area contributed by atoms with E-state index in [9.17, 15) is 4.79 Å². The molecule has 1 aromatic carbocycles. The Balaban J connectivity index is 2.14. The largest absolute Gasteiger partial charge is 0.373 e. The van der Waals surface area contributed by atoms with Crippen LogP contribution in [0.2, 0.25) is 0 Å². The van der Waals surface area contributed by atoms with Crippen LogP contribution in [-0.4, -0.2) is 49.2 Å². The summed E-state index contributed by atoms with van der Waals surface area (Å²) in [4.78, 5) is 16.8. The highest BCUT2D eigenvalue weighted by Gasteiger charge is 2.26. The Kier molecular flexibility index (Phi) is 6.36. The van der Waals surface area contributed by atoms with Gasteiger partial charge in [-0.25, -0.2) is 0 Å². The lowest BCUT2D eigenvalue weighted by Gasteiger charge is -2.36. The van der Waals surface area contributed by atoms with E-state index in [0.717, 1.165) is 29.9 Å². The molecule has 24 heavy (non-hydrogen) atoms. The van der Waals surface area contributed by atoms with Gasteiger partial charge in [0.2, 0.25) is 5.91 Å². The zero-order valence-electron chi connectivity index (χ0n) is 15.1. The van der Waals surface area contributed by atoms with Gasteiger partial charge in [0.15, 0.2) is 0 Å². The van der Waals surface area contributed by atoms with Gasteiger partial charge in [0.1, 0.15) is 0 Å². The molecule has 2 unspecified atom stereocenters. The van der Waals surface area contributed by atoms with Crippen LogP contribution in [0, 0.1) is 25.2 Å². The highest BCUT2D eigenvalue weighted by Crippen LogP contribution is 2.20. The smallest absolute Gasteiger partial charge is 0.241 e. The molecule has 0 spiro atoms. The zero-order valence-corrected chi connectivity index (χ0v) is 15.1. The summed E-state index contributed by atoms with van der Waals surface area (Å²) in [6.45, 7) is 10.4. The fourth-order valence-corrected chi connectivity index (χ4v) is 3.36. The predicted octanol–water partition coefficient (Wildman–Crippen LogP) is 2.66. The number of hydrogen-bond donors (Lipinski definition) is 0. The van der Waals surface area contributed by atoms with Crippen molar-refractivity contribution < 1.29 is 9.53 Å².